The predicted molar refractivity (Wildman–Crippen MR) is 156 cm³/mol. The topological polar surface area (TPSA) is 120 Å². The van der Waals surface area contributed by atoms with Crippen LogP contribution in [0.3, 0.4) is 0 Å². The van der Waals surface area contributed by atoms with Gasteiger partial charge >= 0.3 is 18.0 Å². The average molecular weight is 571 g/mol. The fourth-order valence-corrected chi connectivity index (χ4v) is 4.97. The molecule has 2 N–H and O–H groups in total. The van der Waals surface area contributed by atoms with Crippen molar-refractivity contribution in [2.75, 3.05) is 20.3 Å². The van der Waals surface area contributed by atoms with Gasteiger partial charge in [0.25, 0.3) is 0 Å². The number of carbonyl (C=O) groups is 4. The molecule has 3 aromatic rings. The number of hydrogen-bond acceptors (Lipinski definition) is 7. The SMILES string of the molecule is C=CCOC(=O)[C@H](Cc1ccccc1)NC(=O)[C@H](CCC(=O)OC)NC(=O)OCC1c2ccccc2-c2ccccc21. The summed E-state index contributed by atoms with van der Waals surface area (Å²) < 4.78 is 15.5. The fourth-order valence-electron chi connectivity index (χ4n) is 4.97. The Morgan fingerprint density at radius 2 is 1.45 bits per heavy atom. The van der Waals surface area contributed by atoms with E-state index in [9.17, 15) is 19.2 Å². The van der Waals surface area contributed by atoms with Gasteiger partial charge in [0.05, 0.1) is 7.11 Å². The van der Waals surface area contributed by atoms with Crippen molar-refractivity contribution in [2.45, 2.75) is 37.3 Å². The molecule has 1 aliphatic carbocycles. The van der Waals surface area contributed by atoms with E-state index in [2.05, 4.69) is 17.2 Å². The van der Waals surface area contributed by atoms with Crippen LogP contribution in [0.15, 0.2) is 91.5 Å². The highest BCUT2D eigenvalue weighted by Gasteiger charge is 2.31. The molecule has 9 nitrogen and oxygen atoms in total. The molecule has 0 radical (unpaired) electrons. The summed E-state index contributed by atoms with van der Waals surface area (Å²) in [7, 11) is 1.24. The van der Waals surface area contributed by atoms with Crippen molar-refractivity contribution in [2.24, 2.45) is 0 Å². The molecular formula is C33H34N2O7. The standard InChI is InChI=1S/C33H34N2O7/c1-3-19-41-32(38)29(20-22-11-5-4-6-12-22)34-31(37)28(17-18-30(36)40-2)35-33(39)42-21-27-25-15-9-7-13-23(25)24-14-8-10-16-26(24)27/h3-16,27-29H,1,17-21H2,2H3,(H,34,37)(H,35,39)/t28-,29-/m0/s1. The van der Waals surface area contributed by atoms with Crippen LogP contribution in [0.1, 0.15) is 35.4 Å². The Balaban J connectivity index is 1.45. The van der Waals surface area contributed by atoms with E-state index in [1.807, 2.05) is 78.9 Å². The van der Waals surface area contributed by atoms with Crippen molar-refractivity contribution in [3.63, 3.8) is 0 Å². The quantitative estimate of drug-likeness (QED) is 0.179. The fraction of sp³-hybridized carbons (Fsp3) is 0.273. The molecular weight excluding hydrogens is 536 g/mol. The van der Waals surface area contributed by atoms with Gasteiger partial charge in [0.15, 0.2) is 0 Å². The molecule has 0 aliphatic heterocycles. The molecule has 2 atom stereocenters. The summed E-state index contributed by atoms with van der Waals surface area (Å²) in [4.78, 5) is 51.0. The first kappa shape index (κ1) is 30.0. The molecule has 0 saturated carbocycles. The minimum atomic E-state index is -1.18. The highest BCUT2D eigenvalue weighted by Crippen LogP contribution is 2.44. The Morgan fingerprint density at radius 1 is 0.833 bits per heavy atom. The lowest BCUT2D eigenvalue weighted by molar-refractivity contribution is -0.147. The highest BCUT2D eigenvalue weighted by atomic mass is 16.5. The number of methoxy groups -OCH3 is 1. The normalized spacial score (nSPS) is 13.1. The van der Waals surface area contributed by atoms with Crippen LogP contribution in [0.4, 0.5) is 4.79 Å². The zero-order valence-electron chi connectivity index (χ0n) is 23.4. The van der Waals surface area contributed by atoms with Gasteiger partial charge in [-0.15, -0.1) is 0 Å². The minimum absolute atomic E-state index is 0.0240. The molecule has 0 unspecified atom stereocenters. The molecule has 0 fully saturated rings. The van der Waals surface area contributed by atoms with Gasteiger partial charge in [0.2, 0.25) is 5.91 Å². The molecule has 1 aliphatic rings. The molecule has 4 rings (SSSR count). The number of hydrogen-bond donors (Lipinski definition) is 2. The maximum atomic E-state index is 13.4. The van der Waals surface area contributed by atoms with Crippen LogP contribution in [0.5, 0.6) is 0 Å². The van der Waals surface area contributed by atoms with Crippen LogP contribution in [-0.2, 0) is 35.0 Å². The van der Waals surface area contributed by atoms with Gasteiger partial charge in [-0.1, -0.05) is 91.5 Å². The number of alkyl carbamates (subject to hydrolysis) is 1. The second-order valence-corrected chi connectivity index (χ2v) is 9.81. The lowest BCUT2D eigenvalue weighted by atomic mass is 9.98. The zero-order valence-corrected chi connectivity index (χ0v) is 23.4. The first-order valence-corrected chi connectivity index (χ1v) is 13.7. The zero-order chi connectivity index (χ0) is 29.9. The summed E-state index contributed by atoms with van der Waals surface area (Å²) in [5, 5.41) is 5.24. The summed E-state index contributed by atoms with van der Waals surface area (Å²) in [5.41, 5.74) is 5.07. The van der Waals surface area contributed by atoms with E-state index in [-0.39, 0.29) is 38.4 Å². The van der Waals surface area contributed by atoms with E-state index < -0.39 is 36.0 Å². The monoisotopic (exact) mass is 570 g/mol. The second kappa shape index (κ2) is 14.6. The Labute approximate surface area is 244 Å². The average Bonchev–Trinajstić information content (AvgIpc) is 3.34. The van der Waals surface area contributed by atoms with Crippen LogP contribution in [-0.4, -0.2) is 56.3 Å². The molecule has 9 heteroatoms. The molecule has 0 aromatic heterocycles. The lowest BCUT2D eigenvalue weighted by Gasteiger charge is -2.23. The highest BCUT2D eigenvalue weighted by molar-refractivity contribution is 5.90. The number of amides is 2. The minimum Gasteiger partial charge on any atom is -0.469 e. The summed E-state index contributed by atoms with van der Waals surface area (Å²) >= 11 is 0. The van der Waals surface area contributed by atoms with Gasteiger partial charge in [-0.2, -0.15) is 0 Å². The summed E-state index contributed by atoms with van der Waals surface area (Å²) in [6.07, 6.45) is 0.565. The van der Waals surface area contributed by atoms with E-state index in [1.54, 1.807) is 0 Å². The van der Waals surface area contributed by atoms with Crippen LogP contribution in [0.25, 0.3) is 11.1 Å². The maximum absolute atomic E-state index is 13.4. The smallest absolute Gasteiger partial charge is 0.407 e. The van der Waals surface area contributed by atoms with Gasteiger partial charge in [-0.05, 0) is 34.2 Å². The molecule has 3 aromatic carbocycles. The molecule has 0 spiro atoms. The van der Waals surface area contributed by atoms with Crippen molar-refractivity contribution in [3.8, 4) is 11.1 Å². The van der Waals surface area contributed by atoms with Crippen LogP contribution in [0, 0.1) is 0 Å². The number of benzene rings is 3. The Bertz CT molecular complexity index is 1380. The first-order chi connectivity index (χ1) is 20.4. The van der Waals surface area contributed by atoms with Crippen LogP contribution < -0.4 is 10.6 Å². The second-order valence-electron chi connectivity index (χ2n) is 9.81. The number of carbonyl (C=O) groups excluding carboxylic acids is 4. The van der Waals surface area contributed by atoms with Gasteiger partial charge in [-0.25, -0.2) is 9.59 Å². The third-order valence-corrected chi connectivity index (χ3v) is 7.04. The van der Waals surface area contributed by atoms with Crippen molar-refractivity contribution < 1.29 is 33.4 Å². The summed E-state index contributed by atoms with van der Waals surface area (Å²) in [6, 6.07) is 22.8. The number of rotatable bonds is 13. The van der Waals surface area contributed by atoms with Crippen molar-refractivity contribution in [3.05, 3.63) is 108 Å². The van der Waals surface area contributed by atoms with Crippen molar-refractivity contribution >= 4 is 23.9 Å². The lowest BCUT2D eigenvalue weighted by Crippen LogP contribution is -2.52. The van der Waals surface area contributed by atoms with Gasteiger partial charge in [0, 0.05) is 18.8 Å². The van der Waals surface area contributed by atoms with E-state index >= 15 is 0 Å². The molecule has 0 bridgehead atoms. The molecule has 0 heterocycles. The largest absolute Gasteiger partial charge is 0.469 e. The van der Waals surface area contributed by atoms with Crippen LogP contribution in [0.2, 0.25) is 0 Å². The van der Waals surface area contributed by atoms with Crippen molar-refractivity contribution in [1.82, 2.24) is 10.6 Å². The van der Waals surface area contributed by atoms with Gasteiger partial charge in [0.1, 0.15) is 25.3 Å². The third-order valence-electron chi connectivity index (χ3n) is 7.04. The summed E-state index contributed by atoms with van der Waals surface area (Å²) in [6.45, 7) is 3.58. The molecule has 218 valence electrons. The molecule has 42 heavy (non-hydrogen) atoms. The third kappa shape index (κ3) is 7.63. The molecule has 0 saturated heterocycles. The van der Waals surface area contributed by atoms with Crippen molar-refractivity contribution in [1.29, 1.82) is 0 Å². The molecule has 2 amide bonds. The Morgan fingerprint density at radius 3 is 2.07 bits per heavy atom. The number of esters is 2. The number of nitrogens with one attached hydrogen (secondary N) is 2. The Kier molecular flexibility index (Phi) is 10.5. The number of fused-ring (bicyclic) bond motifs is 3. The predicted octanol–water partition coefficient (Wildman–Crippen LogP) is 4.30. The van der Waals surface area contributed by atoms with E-state index in [1.165, 1.54) is 13.2 Å². The Hall–Kier alpha value is -4.92. The van der Waals surface area contributed by atoms with E-state index in [4.69, 9.17) is 14.2 Å². The van der Waals surface area contributed by atoms with E-state index in [0.29, 0.717) is 0 Å². The van der Waals surface area contributed by atoms with Gasteiger partial charge in [-0.3, -0.25) is 9.59 Å². The summed E-state index contributed by atoms with van der Waals surface area (Å²) in [5.74, 6) is -2.03. The van der Waals surface area contributed by atoms with Gasteiger partial charge < -0.3 is 24.8 Å². The maximum Gasteiger partial charge on any atom is 0.407 e. The number of ether oxygens (including phenoxy) is 3. The van der Waals surface area contributed by atoms with E-state index in [0.717, 1.165) is 27.8 Å². The first-order valence-electron chi connectivity index (χ1n) is 13.7. The van der Waals surface area contributed by atoms with Crippen LogP contribution >= 0.6 is 0 Å².